The standard InChI is InChI=1S/C18H13NO4/c20-10-13-8-15(18(22)23)17(21)16-14(13)7-12(9-19-16)6-11-4-2-1-3-5-11/h1-5,7-10,21H,6H2,(H,22,23). The molecule has 0 bridgehead atoms. The van der Waals surface area contributed by atoms with Gasteiger partial charge in [-0.25, -0.2) is 4.79 Å². The van der Waals surface area contributed by atoms with Gasteiger partial charge in [0, 0.05) is 17.1 Å². The van der Waals surface area contributed by atoms with Crippen LogP contribution in [0.25, 0.3) is 10.9 Å². The summed E-state index contributed by atoms with van der Waals surface area (Å²) in [5, 5.41) is 19.6. The number of hydrogen-bond acceptors (Lipinski definition) is 4. The molecule has 1 aromatic heterocycles. The average Bonchev–Trinajstić information content (AvgIpc) is 2.56. The first-order valence-corrected chi connectivity index (χ1v) is 6.97. The zero-order chi connectivity index (χ0) is 16.4. The molecule has 0 saturated heterocycles. The van der Waals surface area contributed by atoms with Gasteiger partial charge in [-0.1, -0.05) is 30.3 Å². The van der Waals surface area contributed by atoms with E-state index in [4.69, 9.17) is 5.11 Å². The Morgan fingerprint density at radius 2 is 1.87 bits per heavy atom. The van der Waals surface area contributed by atoms with Gasteiger partial charge >= 0.3 is 5.97 Å². The number of fused-ring (bicyclic) bond motifs is 1. The Balaban J connectivity index is 2.14. The highest BCUT2D eigenvalue weighted by Crippen LogP contribution is 2.30. The van der Waals surface area contributed by atoms with E-state index in [0.717, 1.165) is 11.1 Å². The molecule has 2 N–H and O–H groups in total. The lowest BCUT2D eigenvalue weighted by atomic mass is 10.00. The van der Waals surface area contributed by atoms with E-state index in [2.05, 4.69) is 4.98 Å². The fourth-order valence-electron chi connectivity index (χ4n) is 2.53. The molecule has 0 spiro atoms. The average molecular weight is 307 g/mol. The summed E-state index contributed by atoms with van der Waals surface area (Å²) >= 11 is 0. The zero-order valence-electron chi connectivity index (χ0n) is 12.1. The van der Waals surface area contributed by atoms with Crippen molar-refractivity contribution in [3.05, 3.63) is 70.9 Å². The molecule has 1 heterocycles. The Morgan fingerprint density at radius 3 is 2.52 bits per heavy atom. The van der Waals surface area contributed by atoms with Gasteiger partial charge in [0.25, 0.3) is 0 Å². The van der Waals surface area contributed by atoms with Crippen molar-refractivity contribution in [1.82, 2.24) is 4.98 Å². The van der Waals surface area contributed by atoms with Gasteiger partial charge < -0.3 is 10.2 Å². The minimum Gasteiger partial charge on any atom is -0.505 e. The zero-order valence-corrected chi connectivity index (χ0v) is 12.1. The van der Waals surface area contributed by atoms with Gasteiger partial charge in [0.2, 0.25) is 0 Å². The van der Waals surface area contributed by atoms with Crippen LogP contribution in [0.1, 0.15) is 31.8 Å². The molecule has 5 nitrogen and oxygen atoms in total. The smallest absolute Gasteiger partial charge is 0.339 e. The van der Waals surface area contributed by atoms with Crippen LogP contribution in [0.4, 0.5) is 0 Å². The number of carbonyl (C=O) groups is 2. The predicted octanol–water partition coefficient (Wildman–Crippen LogP) is 3.04. The van der Waals surface area contributed by atoms with Crippen molar-refractivity contribution in [2.24, 2.45) is 0 Å². The number of benzene rings is 2. The van der Waals surface area contributed by atoms with Crippen LogP contribution < -0.4 is 0 Å². The van der Waals surface area contributed by atoms with E-state index in [1.165, 1.54) is 6.07 Å². The monoisotopic (exact) mass is 307 g/mol. The first-order valence-electron chi connectivity index (χ1n) is 6.97. The maximum Gasteiger partial charge on any atom is 0.339 e. The van der Waals surface area contributed by atoms with Crippen LogP contribution in [-0.4, -0.2) is 27.5 Å². The van der Waals surface area contributed by atoms with Crippen molar-refractivity contribution in [1.29, 1.82) is 0 Å². The van der Waals surface area contributed by atoms with Crippen LogP contribution in [0, 0.1) is 0 Å². The Hall–Kier alpha value is -3.21. The van der Waals surface area contributed by atoms with Crippen LogP contribution in [0.3, 0.4) is 0 Å². The normalized spacial score (nSPS) is 10.6. The molecule has 0 atom stereocenters. The van der Waals surface area contributed by atoms with Gasteiger partial charge in [0.1, 0.15) is 11.1 Å². The van der Waals surface area contributed by atoms with Crippen LogP contribution in [0.2, 0.25) is 0 Å². The highest BCUT2D eigenvalue weighted by Gasteiger charge is 2.17. The van der Waals surface area contributed by atoms with E-state index in [1.807, 2.05) is 30.3 Å². The fourth-order valence-corrected chi connectivity index (χ4v) is 2.53. The van der Waals surface area contributed by atoms with Crippen molar-refractivity contribution in [2.75, 3.05) is 0 Å². The van der Waals surface area contributed by atoms with Crippen LogP contribution in [0.5, 0.6) is 5.75 Å². The molecule has 0 fully saturated rings. The molecule has 0 radical (unpaired) electrons. The van der Waals surface area contributed by atoms with E-state index in [-0.39, 0.29) is 16.6 Å². The summed E-state index contributed by atoms with van der Waals surface area (Å²) in [5.41, 5.74) is 1.94. The highest BCUT2D eigenvalue weighted by atomic mass is 16.4. The van der Waals surface area contributed by atoms with Crippen LogP contribution in [-0.2, 0) is 6.42 Å². The number of aromatic nitrogens is 1. The van der Waals surface area contributed by atoms with Gasteiger partial charge in [-0.15, -0.1) is 0 Å². The minimum atomic E-state index is -1.30. The topological polar surface area (TPSA) is 87.5 Å². The molecule has 114 valence electrons. The number of aldehydes is 1. The number of nitrogens with zero attached hydrogens (tertiary/aromatic N) is 1. The molecule has 5 heteroatoms. The molecule has 0 saturated carbocycles. The van der Waals surface area contributed by atoms with Gasteiger partial charge in [-0.2, -0.15) is 0 Å². The third kappa shape index (κ3) is 2.76. The fraction of sp³-hybridized carbons (Fsp3) is 0.0556. The molecule has 0 unspecified atom stereocenters. The number of aromatic carboxylic acids is 1. The van der Waals surface area contributed by atoms with Crippen molar-refractivity contribution in [2.45, 2.75) is 6.42 Å². The molecule has 0 aliphatic heterocycles. The SMILES string of the molecule is O=Cc1cc(C(=O)O)c(O)c2ncc(Cc3ccccc3)cc12. The number of aromatic hydroxyl groups is 1. The molecular formula is C18H13NO4. The number of phenols is 1. The largest absolute Gasteiger partial charge is 0.505 e. The third-order valence-corrected chi connectivity index (χ3v) is 3.64. The lowest BCUT2D eigenvalue weighted by Crippen LogP contribution is -2.01. The van der Waals surface area contributed by atoms with Gasteiger partial charge in [-0.05, 0) is 29.7 Å². The van der Waals surface area contributed by atoms with E-state index in [0.29, 0.717) is 18.1 Å². The predicted molar refractivity (Wildman–Crippen MR) is 85.0 cm³/mol. The summed E-state index contributed by atoms with van der Waals surface area (Å²) in [6.07, 6.45) is 2.78. The van der Waals surface area contributed by atoms with E-state index < -0.39 is 11.7 Å². The van der Waals surface area contributed by atoms with Crippen LogP contribution in [0.15, 0.2) is 48.7 Å². The Bertz CT molecular complexity index is 904. The van der Waals surface area contributed by atoms with Crippen molar-refractivity contribution in [3.8, 4) is 5.75 Å². The summed E-state index contributed by atoms with van der Waals surface area (Å²) in [5.74, 6) is -1.73. The minimum absolute atomic E-state index is 0.115. The van der Waals surface area contributed by atoms with Crippen molar-refractivity contribution in [3.63, 3.8) is 0 Å². The number of carboxylic acids is 1. The van der Waals surface area contributed by atoms with Gasteiger partial charge in [-0.3, -0.25) is 9.78 Å². The second-order valence-electron chi connectivity index (χ2n) is 5.19. The van der Waals surface area contributed by atoms with Gasteiger partial charge in [0.05, 0.1) is 0 Å². The van der Waals surface area contributed by atoms with Crippen LogP contribution >= 0.6 is 0 Å². The lowest BCUT2D eigenvalue weighted by Gasteiger charge is -2.09. The molecule has 0 aliphatic carbocycles. The first-order chi connectivity index (χ1) is 11.1. The molecule has 23 heavy (non-hydrogen) atoms. The summed E-state index contributed by atoms with van der Waals surface area (Å²) < 4.78 is 0. The molecule has 0 amide bonds. The number of rotatable bonds is 4. The van der Waals surface area contributed by atoms with Crippen molar-refractivity contribution >= 4 is 23.2 Å². The second-order valence-corrected chi connectivity index (χ2v) is 5.19. The molecule has 3 aromatic rings. The summed E-state index contributed by atoms with van der Waals surface area (Å²) in [7, 11) is 0. The van der Waals surface area contributed by atoms with E-state index in [9.17, 15) is 14.7 Å². The number of pyridine rings is 1. The quantitative estimate of drug-likeness (QED) is 0.723. The molecule has 3 rings (SSSR count). The Kier molecular flexibility index (Phi) is 3.76. The molecule has 2 aromatic carbocycles. The lowest BCUT2D eigenvalue weighted by molar-refractivity contribution is 0.0694. The van der Waals surface area contributed by atoms with Gasteiger partial charge in [0.15, 0.2) is 12.0 Å². The number of carboxylic acid groups (broad SMARTS) is 1. The molecule has 0 aliphatic rings. The van der Waals surface area contributed by atoms with Crippen molar-refractivity contribution < 1.29 is 19.8 Å². The number of hydrogen-bond donors (Lipinski definition) is 2. The maximum atomic E-state index is 11.3. The summed E-state index contributed by atoms with van der Waals surface area (Å²) in [6, 6.07) is 12.7. The maximum absolute atomic E-state index is 11.3. The molecular weight excluding hydrogens is 294 g/mol. The summed E-state index contributed by atoms with van der Waals surface area (Å²) in [4.78, 5) is 26.6. The summed E-state index contributed by atoms with van der Waals surface area (Å²) in [6.45, 7) is 0. The second kappa shape index (κ2) is 5.88. The highest BCUT2D eigenvalue weighted by molar-refractivity contribution is 6.06. The Labute approximate surface area is 131 Å². The number of carbonyl (C=O) groups excluding carboxylic acids is 1. The van der Waals surface area contributed by atoms with E-state index >= 15 is 0 Å². The third-order valence-electron chi connectivity index (χ3n) is 3.64. The van der Waals surface area contributed by atoms with E-state index in [1.54, 1.807) is 12.3 Å². The first kappa shape index (κ1) is 14.7. The Morgan fingerprint density at radius 1 is 1.13 bits per heavy atom.